The summed E-state index contributed by atoms with van der Waals surface area (Å²) in [6.45, 7) is 2.36. The molecule has 1 atom stereocenters. The van der Waals surface area contributed by atoms with Crippen molar-refractivity contribution in [1.82, 2.24) is 4.90 Å². The minimum absolute atomic E-state index is 0.00280. The zero-order valence-electron chi connectivity index (χ0n) is 21.3. The van der Waals surface area contributed by atoms with Gasteiger partial charge in [0, 0.05) is 24.1 Å². The largest absolute Gasteiger partial charge is 0.493 e. The Balaban J connectivity index is 1.95. The molecule has 3 amide bonds. The van der Waals surface area contributed by atoms with Gasteiger partial charge in [-0.05, 0) is 55.1 Å². The number of nitrogens with one attached hydrogen (secondary N) is 1. The predicted octanol–water partition coefficient (Wildman–Crippen LogP) is 3.89. The van der Waals surface area contributed by atoms with E-state index in [4.69, 9.17) is 15.0 Å². The first-order chi connectivity index (χ1) is 18.1. The average Bonchev–Trinajstić information content (AvgIpc) is 3.12. The number of carbonyl (C=O) groups excluding carboxylic acids is 3. The van der Waals surface area contributed by atoms with Crippen LogP contribution in [0.3, 0.4) is 0 Å². The monoisotopic (exact) mass is 543 g/mol. The summed E-state index contributed by atoms with van der Waals surface area (Å²) in [6.07, 6.45) is 2.14. The van der Waals surface area contributed by atoms with Gasteiger partial charge in [-0.25, -0.2) is 8.42 Å². The molecule has 1 aliphatic heterocycles. The van der Waals surface area contributed by atoms with Crippen LogP contribution >= 0.6 is 0 Å². The number of rotatable bonds is 13. The third-order valence-electron chi connectivity index (χ3n) is 5.84. The van der Waals surface area contributed by atoms with Crippen LogP contribution in [0.4, 0.5) is 5.69 Å². The lowest BCUT2D eigenvalue weighted by molar-refractivity contribution is -0.116. The fraction of sp³-hybridized carbons (Fsp3) is 0.400. The number of amides is 3. The van der Waals surface area contributed by atoms with Gasteiger partial charge < -0.3 is 14.8 Å². The molecule has 1 aliphatic rings. The number of methoxy groups -OCH3 is 1. The maximum atomic E-state index is 13.6. The number of fused-ring (bicyclic) bond motifs is 1. The zero-order valence-corrected chi connectivity index (χ0v) is 22.2. The lowest BCUT2D eigenvalue weighted by Crippen LogP contribution is -2.37. The Morgan fingerprint density at radius 1 is 1.16 bits per heavy atom. The highest BCUT2D eigenvalue weighted by atomic mass is 32.2. The van der Waals surface area contributed by atoms with Crippen molar-refractivity contribution in [1.29, 1.82) is 0 Å². The summed E-state index contributed by atoms with van der Waals surface area (Å²) in [5, 5.41) is 6.10. The Kier molecular flexibility index (Phi) is 9.32. The number of benzene rings is 2. The van der Waals surface area contributed by atoms with Crippen molar-refractivity contribution >= 4 is 33.2 Å². The molecule has 202 valence electrons. The molecule has 0 radical (unpaired) electrons. The van der Waals surface area contributed by atoms with Gasteiger partial charge in [0.15, 0.2) is 11.5 Å². The number of nitrogens with zero attached hydrogens (tertiary/aromatic N) is 4. The standard InChI is InChI=1S/C25H29N5O7S/c1-4-37-21-14-16(11-12-20(21)36-2)19(15-38(3,34)35)30-24(32)17-8-7-9-18(23(17)25(30)33)28-22(31)10-5-6-13-27-29-26/h7-9,11-12,14,19H,4-6,10,13,15H2,1-3H3,(H,28,31). The number of hydrogen-bond donors (Lipinski definition) is 1. The van der Waals surface area contributed by atoms with Crippen LogP contribution < -0.4 is 14.8 Å². The number of imide groups is 1. The molecule has 0 saturated heterocycles. The lowest BCUT2D eigenvalue weighted by Gasteiger charge is -2.27. The van der Waals surface area contributed by atoms with Crippen molar-refractivity contribution in [3.8, 4) is 11.5 Å². The summed E-state index contributed by atoms with van der Waals surface area (Å²) in [6, 6.07) is 8.09. The molecule has 1 N–H and O–H groups in total. The highest BCUT2D eigenvalue weighted by Crippen LogP contribution is 2.38. The normalized spacial score (nSPS) is 13.5. The van der Waals surface area contributed by atoms with Crippen LogP contribution in [0.2, 0.25) is 0 Å². The van der Waals surface area contributed by atoms with E-state index in [0.717, 1.165) is 11.2 Å². The van der Waals surface area contributed by atoms with Crippen LogP contribution in [0.5, 0.6) is 11.5 Å². The molecule has 0 aromatic heterocycles. The van der Waals surface area contributed by atoms with Crippen molar-refractivity contribution in [2.45, 2.75) is 32.2 Å². The summed E-state index contributed by atoms with van der Waals surface area (Å²) in [5.41, 5.74) is 8.93. The van der Waals surface area contributed by atoms with E-state index in [9.17, 15) is 22.8 Å². The average molecular weight is 544 g/mol. The molecule has 13 heteroatoms. The van der Waals surface area contributed by atoms with Gasteiger partial charge in [0.2, 0.25) is 5.91 Å². The van der Waals surface area contributed by atoms with Gasteiger partial charge in [-0.15, -0.1) is 0 Å². The van der Waals surface area contributed by atoms with Crippen molar-refractivity contribution in [2.24, 2.45) is 5.11 Å². The fourth-order valence-electron chi connectivity index (χ4n) is 4.19. The smallest absolute Gasteiger partial charge is 0.264 e. The number of azide groups is 1. The van der Waals surface area contributed by atoms with Crippen molar-refractivity contribution in [2.75, 3.05) is 37.6 Å². The first kappa shape index (κ1) is 28.5. The molecular formula is C25H29N5O7S. The fourth-order valence-corrected chi connectivity index (χ4v) is 5.11. The maximum Gasteiger partial charge on any atom is 0.264 e. The molecular weight excluding hydrogens is 514 g/mol. The Morgan fingerprint density at radius 3 is 2.58 bits per heavy atom. The van der Waals surface area contributed by atoms with Gasteiger partial charge in [0.05, 0.1) is 42.3 Å². The van der Waals surface area contributed by atoms with E-state index < -0.39 is 33.4 Å². The minimum atomic E-state index is -3.65. The van der Waals surface area contributed by atoms with Crippen LogP contribution in [0.15, 0.2) is 41.5 Å². The second kappa shape index (κ2) is 12.4. The number of sulfone groups is 1. The van der Waals surface area contributed by atoms with Gasteiger partial charge in [-0.1, -0.05) is 17.2 Å². The summed E-state index contributed by atoms with van der Waals surface area (Å²) < 4.78 is 35.7. The molecule has 1 heterocycles. The summed E-state index contributed by atoms with van der Waals surface area (Å²) >= 11 is 0. The maximum absolute atomic E-state index is 13.6. The Hall–Kier alpha value is -4.09. The number of anilines is 1. The number of ether oxygens (including phenoxy) is 2. The summed E-state index contributed by atoms with van der Waals surface area (Å²) in [7, 11) is -2.18. The molecule has 2 aromatic carbocycles. The highest BCUT2D eigenvalue weighted by molar-refractivity contribution is 7.90. The second-order valence-corrected chi connectivity index (χ2v) is 10.8. The Morgan fingerprint density at radius 2 is 1.92 bits per heavy atom. The molecule has 0 fully saturated rings. The molecule has 0 bridgehead atoms. The topological polar surface area (TPSA) is 168 Å². The second-order valence-electron chi connectivity index (χ2n) is 8.62. The van der Waals surface area contributed by atoms with E-state index in [1.54, 1.807) is 25.1 Å². The molecule has 1 unspecified atom stereocenters. The SMILES string of the molecule is CCOc1cc(C(CS(C)(=O)=O)N2C(=O)c3cccc(NC(=O)CCCCN=[N+]=[N-])c3C2=O)ccc1OC. The predicted molar refractivity (Wildman–Crippen MR) is 140 cm³/mol. The first-order valence-corrected chi connectivity index (χ1v) is 14.0. The first-order valence-electron chi connectivity index (χ1n) is 11.9. The van der Waals surface area contributed by atoms with E-state index in [-0.39, 0.29) is 35.7 Å². The highest BCUT2D eigenvalue weighted by Gasteiger charge is 2.43. The van der Waals surface area contributed by atoms with Gasteiger partial charge in [-0.2, -0.15) is 0 Å². The molecule has 0 saturated carbocycles. The molecule has 0 aliphatic carbocycles. The zero-order chi connectivity index (χ0) is 27.9. The van der Waals surface area contributed by atoms with Crippen LogP contribution in [-0.2, 0) is 14.6 Å². The molecule has 3 rings (SSSR count). The quantitative estimate of drug-likeness (QED) is 0.131. The van der Waals surface area contributed by atoms with Crippen LogP contribution in [0, 0.1) is 0 Å². The van der Waals surface area contributed by atoms with E-state index >= 15 is 0 Å². The minimum Gasteiger partial charge on any atom is -0.493 e. The lowest BCUT2D eigenvalue weighted by atomic mass is 10.1. The molecule has 0 spiro atoms. The van der Waals surface area contributed by atoms with Crippen molar-refractivity contribution in [3.05, 3.63) is 63.5 Å². The number of unbranched alkanes of at least 4 members (excludes halogenated alkanes) is 1. The third kappa shape index (κ3) is 6.61. The molecule has 38 heavy (non-hydrogen) atoms. The summed E-state index contributed by atoms with van der Waals surface area (Å²) in [5.74, 6) is -1.51. The Bertz CT molecular complexity index is 1390. The molecule has 12 nitrogen and oxygen atoms in total. The van der Waals surface area contributed by atoms with Gasteiger partial charge >= 0.3 is 0 Å². The third-order valence-corrected chi connectivity index (χ3v) is 6.76. The summed E-state index contributed by atoms with van der Waals surface area (Å²) in [4.78, 5) is 43.2. The van der Waals surface area contributed by atoms with Crippen molar-refractivity contribution < 1.29 is 32.3 Å². The van der Waals surface area contributed by atoms with E-state index in [1.165, 1.54) is 25.3 Å². The van der Waals surface area contributed by atoms with Gasteiger partial charge in [0.1, 0.15) is 9.84 Å². The van der Waals surface area contributed by atoms with Gasteiger partial charge in [-0.3, -0.25) is 19.3 Å². The van der Waals surface area contributed by atoms with E-state index in [1.807, 2.05) is 0 Å². The van der Waals surface area contributed by atoms with Crippen molar-refractivity contribution in [3.63, 3.8) is 0 Å². The number of carbonyl (C=O) groups is 3. The van der Waals surface area contributed by atoms with E-state index in [0.29, 0.717) is 36.5 Å². The van der Waals surface area contributed by atoms with Crippen LogP contribution in [-0.4, -0.2) is 63.3 Å². The molecule has 2 aromatic rings. The number of hydrogen-bond acceptors (Lipinski definition) is 8. The van der Waals surface area contributed by atoms with Crippen LogP contribution in [0.25, 0.3) is 10.4 Å². The van der Waals surface area contributed by atoms with Crippen LogP contribution in [0.1, 0.15) is 58.5 Å². The Labute approximate surface area is 220 Å². The van der Waals surface area contributed by atoms with Gasteiger partial charge in [0.25, 0.3) is 11.8 Å². The van der Waals surface area contributed by atoms with E-state index in [2.05, 4.69) is 15.3 Å².